The predicted molar refractivity (Wildman–Crippen MR) is 91.5 cm³/mol. The van der Waals surface area contributed by atoms with Crippen LogP contribution in [0.25, 0.3) is 0 Å². The van der Waals surface area contributed by atoms with Crippen LogP contribution in [0.2, 0.25) is 0 Å². The maximum Gasteiger partial charge on any atom is 0.191 e. The highest BCUT2D eigenvalue weighted by molar-refractivity contribution is 7.13. The Morgan fingerprint density at radius 3 is 2.71 bits per heavy atom. The van der Waals surface area contributed by atoms with Gasteiger partial charge in [-0.2, -0.15) is 0 Å². The lowest BCUT2D eigenvalue weighted by molar-refractivity contribution is 0.501. The molecule has 1 aliphatic rings. The summed E-state index contributed by atoms with van der Waals surface area (Å²) in [5.41, 5.74) is 1.19. The number of rotatable bonds is 4. The van der Waals surface area contributed by atoms with Crippen LogP contribution in [0.15, 0.2) is 10.4 Å². The van der Waals surface area contributed by atoms with Crippen LogP contribution < -0.4 is 15.5 Å². The summed E-state index contributed by atoms with van der Waals surface area (Å²) in [6.07, 6.45) is 3.52. The van der Waals surface area contributed by atoms with Gasteiger partial charge in [0.15, 0.2) is 11.1 Å². The lowest BCUT2D eigenvalue weighted by atomic mass is 10.1. The summed E-state index contributed by atoms with van der Waals surface area (Å²) in [7, 11) is 1.80. The molecule has 0 bridgehead atoms. The second-order valence-electron chi connectivity index (χ2n) is 6.44. The van der Waals surface area contributed by atoms with Crippen molar-refractivity contribution in [2.75, 3.05) is 31.6 Å². The van der Waals surface area contributed by atoms with Crippen molar-refractivity contribution in [2.24, 2.45) is 4.99 Å². The molecule has 0 spiro atoms. The highest BCUT2D eigenvalue weighted by Gasteiger charge is 2.15. The van der Waals surface area contributed by atoms with Gasteiger partial charge in [0.05, 0.1) is 5.69 Å². The molecule has 2 rings (SSSR count). The third kappa shape index (κ3) is 5.19. The molecule has 0 atom stereocenters. The van der Waals surface area contributed by atoms with Crippen LogP contribution >= 0.6 is 11.3 Å². The van der Waals surface area contributed by atoms with Crippen LogP contribution in [0.3, 0.4) is 0 Å². The van der Waals surface area contributed by atoms with Gasteiger partial charge in [-0.3, -0.25) is 4.99 Å². The molecule has 118 valence electrons. The summed E-state index contributed by atoms with van der Waals surface area (Å²) in [4.78, 5) is 11.4. The van der Waals surface area contributed by atoms with Gasteiger partial charge in [0.1, 0.15) is 0 Å². The van der Waals surface area contributed by atoms with E-state index in [1.165, 1.54) is 23.7 Å². The van der Waals surface area contributed by atoms with Crippen molar-refractivity contribution in [3.8, 4) is 0 Å². The second kappa shape index (κ2) is 7.11. The minimum atomic E-state index is 0.0192. The molecule has 1 aliphatic heterocycles. The van der Waals surface area contributed by atoms with E-state index in [1.54, 1.807) is 18.4 Å². The van der Waals surface area contributed by atoms with Gasteiger partial charge in [0.25, 0.3) is 0 Å². The van der Waals surface area contributed by atoms with E-state index in [0.29, 0.717) is 0 Å². The highest BCUT2D eigenvalue weighted by atomic mass is 32.1. The van der Waals surface area contributed by atoms with Gasteiger partial charge >= 0.3 is 0 Å². The van der Waals surface area contributed by atoms with E-state index < -0.39 is 0 Å². The highest BCUT2D eigenvalue weighted by Crippen LogP contribution is 2.24. The van der Waals surface area contributed by atoms with Crippen LogP contribution in [-0.4, -0.2) is 43.2 Å². The van der Waals surface area contributed by atoms with Crippen LogP contribution in [0, 0.1) is 0 Å². The Labute approximate surface area is 131 Å². The number of thiazole rings is 1. The molecule has 2 heterocycles. The summed E-state index contributed by atoms with van der Waals surface area (Å²) < 4.78 is 0. The molecule has 6 heteroatoms. The fourth-order valence-electron chi connectivity index (χ4n) is 2.31. The largest absolute Gasteiger partial charge is 0.356 e. The van der Waals surface area contributed by atoms with Crippen LogP contribution in [0.5, 0.6) is 0 Å². The standard InChI is InChI=1S/C15H27N5S/c1-15(2,3)19-13(16-4)17-8-7-12-11-21-14(18-12)20-9-5-6-10-20/h11H,5-10H2,1-4H3,(H2,16,17,19). The number of nitrogens with one attached hydrogen (secondary N) is 2. The Morgan fingerprint density at radius 2 is 2.10 bits per heavy atom. The second-order valence-corrected chi connectivity index (χ2v) is 7.28. The number of nitrogens with zero attached hydrogens (tertiary/aromatic N) is 3. The fourth-order valence-corrected chi connectivity index (χ4v) is 3.22. The first kappa shape index (κ1) is 16.1. The average Bonchev–Trinajstić information content (AvgIpc) is 3.06. The zero-order valence-corrected chi connectivity index (χ0v) is 14.4. The molecule has 1 aromatic rings. The van der Waals surface area contributed by atoms with E-state index >= 15 is 0 Å². The van der Waals surface area contributed by atoms with Crippen LogP contribution in [0.4, 0.5) is 5.13 Å². The third-order valence-corrected chi connectivity index (χ3v) is 4.26. The molecule has 5 nitrogen and oxygen atoms in total. The van der Waals surface area contributed by atoms with Crippen molar-refractivity contribution >= 4 is 22.4 Å². The van der Waals surface area contributed by atoms with Gasteiger partial charge in [-0.1, -0.05) is 0 Å². The number of hydrogen-bond donors (Lipinski definition) is 2. The molecule has 1 fully saturated rings. The van der Waals surface area contributed by atoms with Crippen molar-refractivity contribution in [2.45, 2.75) is 45.6 Å². The first-order chi connectivity index (χ1) is 9.98. The number of anilines is 1. The molecule has 0 saturated carbocycles. The SMILES string of the molecule is CN=C(NCCc1csc(N2CCCC2)n1)NC(C)(C)C. The molecular formula is C15H27N5S. The first-order valence-electron chi connectivity index (χ1n) is 7.66. The monoisotopic (exact) mass is 309 g/mol. The summed E-state index contributed by atoms with van der Waals surface area (Å²) in [5, 5.41) is 10.1. The predicted octanol–water partition coefficient (Wildman–Crippen LogP) is 2.25. The molecule has 2 N–H and O–H groups in total. The molecule has 0 amide bonds. The number of hydrogen-bond acceptors (Lipinski definition) is 4. The molecular weight excluding hydrogens is 282 g/mol. The van der Waals surface area contributed by atoms with Gasteiger partial charge in [0.2, 0.25) is 0 Å². The maximum atomic E-state index is 4.73. The smallest absolute Gasteiger partial charge is 0.191 e. The number of guanidine groups is 1. The van der Waals surface area contributed by atoms with Gasteiger partial charge in [0, 0.05) is 44.0 Å². The van der Waals surface area contributed by atoms with Crippen molar-refractivity contribution < 1.29 is 0 Å². The molecule has 21 heavy (non-hydrogen) atoms. The topological polar surface area (TPSA) is 52.6 Å². The molecule has 0 radical (unpaired) electrons. The Bertz CT molecular complexity index is 469. The van der Waals surface area contributed by atoms with E-state index in [-0.39, 0.29) is 5.54 Å². The van der Waals surface area contributed by atoms with Crippen LogP contribution in [0.1, 0.15) is 39.3 Å². The Morgan fingerprint density at radius 1 is 1.38 bits per heavy atom. The van der Waals surface area contributed by atoms with Gasteiger partial charge < -0.3 is 15.5 Å². The molecule has 0 aromatic carbocycles. The summed E-state index contributed by atoms with van der Waals surface area (Å²) in [6, 6.07) is 0. The van der Waals surface area contributed by atoms with Crippen LogP contribution in [-0.2, 0) is 6.42 Å². The molecule has 0 aliphatic carbocycles. The van der Waals surface area contributed by atoms with Gasteiger partial charge in [-0.05, 0) is 33.6 Å². The lowest BCUT2D eigenvalue weighted by Gasteiger charge is -2.23. The van der Waals surface area contributed by atoms with Gasteiger partial charge in [-0.25, -0.2) is 4.98 Å². The first-order valence-corrected chi connectivity index (χ1v) is 8.54. The zero-order chi connectivity index (χ0) is 15.3. The van der Waals surface area contributed by atoms with E-state index in [9.17, 15) is 0 Å². The quantitative estimate of drug-likeness (QED) is 0.662. The molecule has 1 aromatic heterocycles. The van der Waals surface area contributed by atoms with E-state index in [0.717, 1.165) is 32.0 Å². The molecule has 0 unspecified atom stereocenters. The number of aromatic nitrogens is 1. The van der Waals surface area contributed by atoms with Crippen molar-refractivity contribution in [3.05, 3.63) is 11.1 Å². The minimum Gasteiger partial charge on any atom is -0.356 e. The van der Waals surface area contributed by atoms with Crippen molar-refractivity contribution in [3.63, 3.8) is 0 Å². The van der Waals surface area contributed by atoms with E-state index in [2.05, 4.69) is 46.7 Å². The summed E-state index contributed by atoms with van der Waals surface area (Å²) in [6.45, 7) is 9.55. The number of aliphatic imine (C=N–C) groups is 1. The fraction of sp³-hybridized carbons (Fsp3) is 0.733. The van der Waals surface area contributed by atoms with E-state index in [1.807, 2.05) is 0 Å². The Hall–Kier alpha value is -1.30. The lowest BCUT2D eigenvalue weighted by Crippen LogP contribution is -2.48. The van der Waals surface area contributed by atoms with Crippen molar-refractivity contribution in [1.82, 2.24) is 15.6 Å². The normalized spacial score (nSPS) is 16.4. The molecule has 1 saturated heterocycles. The summed E-state index contributed by atoms with van der Waals surface area (Å²) >= 11 is 1.76. The van der Waals surface area contributed by atoms with Crippen molar-refractivity contribution in [1.29, 1.82) is 0 Å². The average molecular weight is 309 g/mol. The van der Waals surface area contributed by atoms with Gasteiger partial charge in [-0.15, -0.1) is 11.3 Å². The third-order valence-electron chi connectivity index (χ3n) is 3.31. The zero-order valence-electron chi connectivity index (χ0n) is 13.6. The van der Waals surface area contributed by atoms with E-state index in [4.69, 9.17) is 4.98 Å². The minimum absolute atomic E-state index is 0.0192. The Kier molecular flexibility index (Phi) is 5.45. The Balaban J connectivity index is 1.78. The maximum absolute atomic E-state index is 4.73. The summed E-state index contributed by atoms with van der Waals surface area (Å²) in [5.74, 6) is 0.845.